The van der Waals surface area contributed by atoms with Gasteiger partial charge in [0.2, 0.25) is 5.88 Å². The van der Waals surface area contributed by atoms with Gasteiger partial charge in [-0.05, 0) is 36.5 Å². The number of nitrogens with zero attached hydrogens (tertiary/aromatic N) is 3. The van der Waals surface area contributed by atoms with Gasteiger partial charge in [-0.15, -0.1) is 0 Å². The number of carbonyl (C=O) groups excluding carboxylic acids is 1. The normalized spacial score (nSPS) is 15.9. The van der Waals surface area contributed by atoms with E-state index in [1.807, 2.05) is 59.5 Å². The van der Waals surface area contributed by atoms with E-state index < -0.39 is 0 Å². The largest absolute Gasteiger partial charge is 0.488 e. The minimum absolute atomic E-state index is 0.0467. The topological polar surface area (TPSA) is 64.5 Å². The first-order chi connectivity index (χ1) is 14.8. The molecule has 0 bridgehead atoms. The third-order valence-electron chi connectivity index (χ3n) is 5.41. The zero-order chi connectivity index (χ0) is 20.3. The van der Waals surface area contributed by atoms with E-state index in [1.54, 1.807) is 6.20 Å². The Kier molecular flexibility index (Phi) is 5.05. The summed E-state index contributed by atoms with van der Waals surface area (Å²) in [6.45, 7) is 2.26. The molecular weight excluding hydrogens is 378 g/mol. The van der Waals surface area contributed by atoms with Crippen molar-refractivity contribution in [1.29, 1.82) is 0 Å². The summed E-state index contributed by atoms with van der Waals surface area (Å²) in [6.07, 6.45) is 3.98. The van der Waals surface area contributed by atoms with Crippen LogP contribution in [0.15, 0.2) is 60.8 Å². The van der Waals surface area contributed by atoms with Gasteiger partial charge in [0, 0.05) is 12.7 Å². The minimum atomic E-state index is -0.0467. The van der Waals surface area contributed by atoms with Gasteiger partial charge in [0.05, 0.1) is 12.1 Å². The van der Waals surface area contributed by atoms with E-state index in [0.29, 0.717) is 48.7 Å². The quantitative estimate of drug-likeness (QED) is 0.625. The van der Waals surface area contributed by atoms with Crippen molar-refractivity contribution in [2.24, 2.45) is 5.92 Å². The van der Waals surface area contributed by atoms with Crippen LogP contribution in [0.1, 0.15) is 28.8 Å². The Morgan fingerprint density at radius 3 is 2.67 bits per heavy atom. The van der Waals surface area contributed by atoms with Crippen LogP contribution in [0.4, 0.5) is 0 Å². The van der Waals surface area contributed by atoms with Gasteiger partial charge in [0.25, 0.3) is 5.91 Å². The Hall–Kier alpha value is -3.41. The maximum Gasteiger partial charge on any atom is 0.261 e. The average Bonchev–Trinajstić information content (AvgIpc) is 3.62. The Morgan fingerprint density at radius 1 is 1.03 bits per heavy atom. The second-order valence-corrected chi connectivity index (χ2v) is 7.73. The Bertz CT molecular complexity index is 1050. The molecule has 0 saturated heterocycles. The number of ether oxygens (including phenoxy) is 2. The van der Waals surface area contributed by atoms with Crippen LogP contribution < -0.4 is 9.47 Å². The number of aromatic nitrogens is 2. The maximum atomic E-state index is 12.9. The number of hydrogen-bond acceptors (Lipinski definition) is 5. The molecule has 0 unspecified atom stereocenters. The summed E-state index contributed by atoms with van der Waals surface area (Å²) >= 11 is 0. The molecule has 0 radical (unpaired) electrons. The summed E-state index contributed by atoms with van der Waals surface area (Å²) < 4.78 is 11.9. The molecule has 5 rings (SSSR count). The molecule has 6 nitrogen and oxygen atoms in total. The van der Waals surface area contributed by atoms with Gasteiger partial charge < -0.3 is 14.4 Å². The molecule has 0 atom stereocenters. The van der Waals surface area contributed by atoms with Crippen molar-refractivity contribution in [1.82, 2.24) is 14.9 Å². The number of amides is 1. The number of carbonyl (C=O) groups is 1. The lowest BCUT2D eigenvalue weighted by Gasteiger charge is -2.19. The maximum absolute atomic E-state index is 12.9. The summed E-state index contributed by atoms with van der Waals surface area (Å²) in [5.41, 5.74) is 2.28. The van der Waals surface area contributed by atoms with Crippen molar-refractivity contribution >= 4 is 5.91 Å². The molecular formula is C24H23N3O3. The number of fused-ring (bicyclic) bond motifs is 1. The van der Waals surface area contributed by atoms with Crippen LogP contribution in [0.2, 0.25) is 0 Å². The predicted molar refractivity (Wildman–Crippen MR) is 112 cm³/mol. The fourth-order valence-corrected chi connectivity index (χ4v) is 3.58. The highest BCUT2D eigenvalue weighted by Crippen LogP contribution is 2.33. The lowest BCUT2D eigenvalue weighted by molar-refractivity contribution is 0.0747. The van der Waals surface area contributed by atoms with Crippen molar-refractivity contribution < 1.29 is 14.3 Å². The lowest BCUT2D eigenvalue weighted by Crippen LogP contribution is -2.34. The Labute approximate surface area is 175 Å². The first-order valence-electron chi connectivity index (χ1n) is 10.3. The number of para-hydroxylation sites is 1. The molecule has 152 valence electrons. The highest BCUT2D eigenvalue weighted by Gasteiger charge is 2.31. The van der Waals surface area contributed by atoms with E-state index in [1.165, 1.54) is 12.8 Å². The molecule has 1 saturated carbocycles. The van der Waals surface area contributed by atoms with Gasteiger partial charge in [-0.1, -0.05) is 42.5 Å². The molecule has 3 aromatic rings. The molecule has 0 spiro atoms. The summed E-state index contributed by atoms with van der Waals surface area (Å²) in [5.74, 6) is 2.11. The van der Waals surface area contributed by atoms with E-state index in [9.17, 15) is 4.79 Å². The Morgan fingerprint density at radius 2 is 1.83 bits per heavy atom. The van der Waals surface area contributed by atoms with Gasteiger partial charge in [-0.25, -0.2) is 4.98 Å². The van der Waals surface area contributed by atoms with E-state index in [0.717, 1.165) is 17.7 Å². The molecule has 2 aromatic carbocycles. The van der Waals surface area contributed by atoms with Gasteiger partial charge in [-0.3, -0.25) is 4.79 Å². The summed E-state index contributed by atoms with van der Waals surface area (Å²) in [5, 5.41) is 0. The van der Waals surface area contributed by atoms with Crippen LogP contribution in [0.25, 0.3) is 11.4 Å². The molecule has 1 aliphatic carbocycles. The van der Waals surface area contributed by atoms with Crippen molar-refractivity contribution in [3.63, 3.8) is 0 Å². The average molecular weight is 401 g/mol. The van der Waals surface area contributed by atoms with Crippen LogP contribution in [-0.4, -0.2) is 40.5 Å². The van der Waals surface area contributed by atoms with Gasteiger partial charge in [-0.2, -0.15) is 4.98 Å². The molecule has 1 amide bonds. The molecule has 1 fully saturated rings. The zero-order valence-electron chi connectivity index (χ0n) is 16.7. The fourth-order valence-electron chi connectivity index (χ4n) is 3.58. The second kappa shape index (κ2) is 8.14. The smallest absolute Gasteiger partial charge is 0.261 e. The van der Waals surface area contributed by atoms with Gasteiger partial charge >= 0.3 is 0 Å². The van der Waals surface area contributed by atoms with E-state index in [-0.39, 0.29) is 5.91 Å². The van der Waals surface area contributed by atoms with Crippen LogP contribution >= 0.6 is 0 Å². The highest BCUT2D eigenvalue weighted by molar-refractivity contribution is 5.96. The molecule has 1 aromatic heterocycles. The number of benzene rings is 2. The fraction of sp³-hybridized carbons (Fsp3) is 0.292. The molecule has 2 heterocycles. The van der Waals surface area contributed by atoms with Gasteiger partial charge in [0.15, 0.2) is 5.82 Å². The van der Waals surface area contributed by atoms with Crippen molar-refractivity contribution in [2.45, 2.75) is 19.4 Å². The highest BCUT2D eigenvalue weighted by atomic mass is 16.5. The second-order valence-electron chi connectivity index (χ2n) is 7.73. The minimum Gasteiger partial charge on any atom is -0.488 e. The SMILES string of the molecule is O=C1c2cnc(-c3ccccc3OCc3ccccc3)nc2OCCN1CC1CC1. The van der Waals surface area contributed by atoms with Crippen LogP contribution in [-0.2, 0) is 6.61 Å². The summed E-state index contributed by atoms with van der Waals surface area (Å²) in [6, 6.07) is 17.7. The zero-order valence-corrected chi connectivity index (χ0v) is 16.7. The van der Waals surface area contributed by atoms with Gasteiger partial charge in [0.1, 0.15) is 24.5 Å². The van der Waals surface area contributed by atoms with E-state index >= 15 is 0 Å². The molecule has 1 aliphatic heterocycles. The van der Waals surface area contributed by atoms with E-state index in [2.05, 4.69) is 9.97 Å². The molecule has 2 aliphatic rings. The van der Waals surface area contributed by atoms with Crippen molar-refractivity contribution in [3.8, 4) is 23.0 Å². The molecule has 0 N–H and O–H groups in total. The third-order valence-corrected chi connectivity index (χ3v) is 5.41. The Balaban J connectivity index is 1.40. The first kappa shape index (κ1) is 18.6. The predicted octanol–water partition coefficient (Wildman–Crippen LogP) is 3.97. The van der Waals surface area contributed by atoms with Crippen LogP contribution in [0, 0.1) is 5.92 Å². The van der Waals surface area contributed by atoms with E-state index in [4.69, 9.17) is 9.47 Å². The third kappa shape index (κ3) is 3.99. The number of hydrogen-bond donors (Lipinski definition) is 0. The monoisotopic (exact) mass is 401 g/mol. The summed E-state index contributed by atoms with van der Waals surface area (Å²) in [4.78, 5) is 23.8. The van der Waals surface area contributed by atoms with Crippen molar-refractivity contribution in [2.75, 3.05) is 19.7 Å². The lowest BCUT2D eigenvalue weighted by atomic mass is 10.1. The number of rotatable bonds is 6. The van der Waals surface area contributed by atoms with Crippen LogP contribution in [0.3, 0.4) is 0 Å². The van der Waals surface area contributed by atoms with Crippen LogP contribution in [0.5, 0.6) is 11.6 Å². The van der Waals surface area contributed by atoms with Crippen molar-refractivity contribution in [3.05, 3.63) is 71.9 Å². The molecule has 30 heavy (non-hydrogen) atoms. The summed E-state index contributed by atoms with van der Waals surface area (Å²) in [7, 11) is 0. The molecule has 6 heteroatoms. The standard InChI is InChI=1S/C24H23N3O3/c28-24-20-14-25-22(26-23(20)29-13-12-27(24)15-17-10-11-17)19-8-4-5-9-21(19)30-16-18-6-2-1-3-7-18/h1-9,14,17H,10-13,15-16H2. The first-order valence-corrected chi connectivity index (χ1v) is 10.3.